The van der Waals surface area contributed by atoms with E-state index in [1.165, 1.54) is 24.0 Å². The molecule has 0 amide bonds. The van der Waals surface area contributed by atoms with Crippen LogP contribution in [-0.2, 0) is 0 Å². The normalized spacial score (nSPS) is 15.3. The summed E-state index contributed by atoms with van der Waals surface area (Å²) in [6.07, 6.45) is 2.67. The van der Waals surface area contributed by atoms with Crippen LogP contribution in [0, 0.1) is 0 Å². The Morgan fingerprint density at radius 3 is 2.16 bits per heavy atom. The van der Waals surface area contributed by atoms with E-state index in [2.05, 4.69) is 51.2 Å². The fraction of sp³-hybridized carbons (Fsp3) is 0.647. The first-order chi connectivity index (χ1) is 9.09. The van der Waals surface area contributed by atoms with Crippen LogP contribution in [0.25, 0.3) is 0 Å². The average Bonchev–Trinajstić information content (AvgIpc) is 3.18. The smallest absolute Gasteiger partial charge is 0.126 e. The molecule has 1 N–H and O–H groups in total. The molecule has 2 rings (SSSR count). The molecule has 0 bridgehead atoms. The molecule has 106 valence electrons. The second-order valence-electron chi connectivity index (χ2n) is 6.15. The fourth-order valence-electron chi connectivity index (χ4n) is 2.35. The van der Waals surface area contributed by atoms with E-state index in [9.17, 15) is 0 Å². The van der Waals surface area contributed by atoms with Gasteiger partial charge in [0, 0.05) is 12.6 Å². The monoisotopic (exact) mass is 261 g/mol. The SMILES string of the molecule is CC(C)c1cccc(C(C)C)c1OCCNC1CC1. The molecule has 0 unspecified atom stereocenters. The second kappa shape index (κ2) is 6.42. The molecular formula is C17H27NO. The van der Waals surface area contributed by atoms with Crippen molar-refractivity contribution >= 4 is 0 Å². The summed E-state index contributed by atoms with van der Waals surface area (Å²) in [7, 11) is 0. The molecule has 1 aromatic rings. The highest BCUT2D eigenvalue weighted by Gasteiger charge is 2.20. The van der Waals surface area contributed by atoms with Gasteiger partial charge in [0.15, 0.2) is 0 Å². The van der Waals surface area contributed by atoms with Crippen LogP contribution in [-0.4, -0.2) is 19.2 Å². The lowest BCUT2D eigenvalue weighted by atomic mass is 9.94. The highest BCUT2D eigenvalue weighted by molar-refractivity contribution is 5.44. The van der Waals surface area contributed by atoms with Gasteiger partial charge in [0.1, 0.15) is 12.4 Å². The molecule has 0 heterocycles. The second-order valence-corrected chi connectivity index (χ2v) is 6.15. The maximum atomic E-state index is 6.11. The van der Waals surface area contributed by atoms with Crippen molar-refractivity contribution in [2.75, 3.05) is 13.2 Å². The van der Waals surface area contributed by atoms with Crippen molar-refractivity contribution in [1.29, 1.82) is 0 Å². The summed E-state index contributed by atoms with van der Waals surface area (Å²) >= 11 is 0. The maximum absolute atomic E-state index is 6.11. The Balaban J connectivity index is 2.05. The average molecular weight is 261 g/mol. The number of para-hydroxylation sites is 1. The summed E-state index contributed by atoms with van der Waals surface area (Å²) in [6.45, 7) is 10.6. The molecule has 1 aliphatic carbocycles. The van der Waals surface area contributed by atoms with Gasteiger partial charge in [0.2, 0.25) is 0 Å². The van der Waals surface area contributed by atoms with Gasteiger partial charge in [-0.25, -0.2) is 0 Å². The van der Waals surface area contributed by atoms with Crippen molar-refractivity contribution in [2.45, 2.75) is 58.4 Å². The Morgan fingerprint density at radius 1 is 1.11 bits per heavy atom. The van der Waals surface area contributed by atoms with Crippen molar-refractivity contribution in [1.82, 2.24) is 5.32 Å². The predicted octanol–water partition coefficient (Wildman–Crippen LogP) is 4.06. The van der Waals surface area contributed by atoms with Crippen molar-refractivity contribution in [3.05, 3.63) is 29.3 Å². The standard InChI is InChI=1S/C17H27NO/c1-12(2)15-6-5-7-16(13(3)4)17(15)19-11-10-18-14-8-9-14/h5-7,12-14,18H,8-11H2,1-4H3. The Labute approximate surface area is 117 Å². The molecule has 19 heavy (non-hydrogen) atoms. The molecule has 1 aromatic carbocycles. The van der Waals surface area contributed by atoms with Crippen LogP contribution >= 0.6 is 0 Å². The van der Waals surface area contributed by atoms with Crippen molar-refractivity contribution in [2.24, 2.45) is 0 Å². The Kier molecular flexibility index (Phi) is 4.87. The third kappa shape index (κ3) is 3.97. The Bertz CT molecular complexity index is 381. The molecule has 0 radical (unpaired) electrons. The zero-order valence-electron chi connectivity index (χ0n) is 12.7. The molecule has 1 saturated carbocycles. The summed E-state index contributed by atoms with van der Waals surface area (Å²) in [5.41, 5.74) is 2.66. The van der Waals surface area contributed by atoms with E-state index in [-0.39, 0.29) is 0 Å². The van der Waals surface area contributed by atoms with E-state index in [0.717, 1.165) is 24.9 Å². The first-order valence-corrected chi connectivity index (χ1v) is 7.58. The van der Waals surface area contributed by atoms with Crippen molar-refractivity contribution in [3.63, 3.8) is 0 Å². The number of hydrogen-bond acceptors (Lipinski definition) is 2. The number of hydrogen-bond donors (Lipinski definition) is 1. The van der Waals surface area contributed by atoms with E-state index in [4.69, 9.17) is 4.74 Å². The van der Waals surface area contributed by atoms with E-state index in [1.807, 2.05) is 0 Å². The minimum atomic E-state index is 0.505. The third-order valence-corrected chi connectivity index (χ3v) is 3.68. The van der Waals surface area contributed by atoms with Gasteiger partial charge in [-0.15, -0.1) is 0 Å². The number of rotatable bonds is 7. The lowest BCUT2D eigenvalue weighted by Gasteiger charge is -2.20. The third-order valence-electron chi connectivity index (χ3n) is 3.68. The fourth-order valence-corrected chi connectivity index (χ4v) is 2.35. The highest BCUT2D eigenvalue weighted by atomic mass is 16.5. The molecule has 1 fully saturated rings. The van der Waals surface area contributed by atoms with Crippen LogP contribution in [0.1, 0.15) is 63.5 Å². The zero-order valence-corrected chi connectivity index (χ0v) is 12.7. The van der Waals surface area contributed by atoms with Crippen LogP contribution in [0.4, 0.5) is 0 Å². The van der Waals surface area contributed by atoms with Gasteiger partial charge in [-0.3, -0.25) is 0 Å². The van der Waals surface area contributed by atoms with E-state index in [1.54, 1.807) is 0 Å². The van der Waals surface area contributed by atoms with Gasteiger partial charge < -0.3 is 10.1 Å². The van der Waals surface area contributed by atoms with Crippen molar-refractivity contribution < 1.29 is 4.74 Å². The highest BCUT2D eigenvalue weighted by Crippen LogP contribution is 2.34. The topological polar surface area (TPSA) is 21.3 Å². The minimum absolute atomic E-state index is 0.505. The maximum Gasteiger partial charge on any atom is 0.126 e. The molecule has 0 saturated heterocycles. The molecular weight excluding hydrogens is 234 g/mol. The van der Waals surface area contributed by atoms with Crippen LogP contribution in [0.2, 0.25) is 0 Å². The Hall–Kier alpha value is -1.02. The molecule has 0 aliphatic heterocycles. The van der Waals surface area contributed by atoms with Gasteiger partial charge >= 0.3 is 0 Å². The zero-order chi connectivity index (χ0) is 13.8. The summed E-state index contributed by atoms with van der Waals surface area (Å²) < 4.78 is 6.11. The van der Waals surface area contributed by atoms with Crippen LogP contribution in [0.15, 0.2) is 18.2 Å². The summed E-state index contributed by atoms with van der Waals surface area (Å²) in [5, 5.41) is 3.50. The Morgan fingerprint density at radius 2 is 1.68 bits per heavy atom. The number of benzene rings is 1. The summed E-state index contributed by atoms with van der Waals surface area (Å²) in [4.78, 5) is 0. The quantitative estimate of drug-likeness (QED) is 0.747. The first kappa shape index (κ1) is 14.4. The van der Waals surface area contributed by atoms with Crippen molar-refractivity contribution in [3.8, 4) is 5.75 Å². The predicted molar refractivity (Wildman–Crippen MR) is 81.1 cm³/mol. The van der Waals surface area contributed by atoms with E-state index >= 15 is 0 Å². The molecule has 1 aliphatic rings. The van der Waals surface area contributed by atoms with E-state index in [0.29, 0.717) is 11.8 Å². The van der Waals surface area contributed by atoms with Gasteiger partial charge in [0.05, 0.1) is 0 Å². The lowest BCUT2D eigenvalue weighted by Crippen LogP contribution is -2.23. The molecule has 2 heteroatoms. The van der Waals surface area contributed by atoms with Gasteiger partial charge in [-0.1, -0.05) is 45.9 Å². The number of ether oxygens (including phenoxy) is 1. The molecule has 0 aromatic heterocycles. The molecule has 0 spiro atoms. The van der Waals surface area contributed by atoms with Gasteiger partial charge in [0.25, 0.3) is 0 Å². The minimum Gasteiger partial charge on any atom is -0.492 e. The van der Waals surface area contributed by atoms with Gasteiger partial charge in [-0.05, 0) is 35.8 Å². The van der Waals surface area contributed by atoms with Crippen LogP contribution in [0.3, 0.4) is 0 Å². The van der Waals surface area contributed by atoms with Crippen LogP contribution < -0.4 is 10.1 Å². The van der Waals surface area contributed by atoms with E-state index < -0.39 is 0 Å². The van der Waals surface area contributed by atoms with Gasteiger partial charge in [-0.2, -0.15) is 0 Å². The molecule has 0 atom stereocenters. The summed E-state index contributed by atoms with van der Waals surface area (Å²) in [5.74, 6) is 2.13. The summed E-state index contributed by atoms with van der Waals surface area (Å²) in [6, 6.07) is 7.30. The van der Waals surface area contributed by atoms with Crippen LogP contribution in [0.5, 0.6) is 5.75 Å². The largest absolute Gasteiger partial charge is 0.492 e. The lowest BCUT2D eigenvalue weighted by molar-refractivity contribution is 0.305. The molecule has 2 nitrogen and oxygen atoms in total. The first-order valence-electron chi connectivity index (χ1n) is 7.58. The number of nitrogens with one attached hydrogen (secondary N) is 1.